The molecule has 0 fully saturated rings. The number of aryl methyl sites for hydroxylation is 1. The SMILES string of the molecule is O=C(O)CCCCCC1CCc2cc(-c3ccccc3)c(-c3ccccc3)nc2N1. The van der Waals surface area contributed by atoms with Crippen LogP contribution in [0.15, 0.2) is 66.7 Å². The second-order valence-corrected chi connectivity index (χ2v) is 8.00. The molecule has 4 rings (SSSR count). The van der Waals surface area contributed by atoms with Crippen LogP contribution in [0.5, 0.6) is 0 Å². The van der Waals surface area contributed by atoms with E-state index in [0.29, 0.717) is 6.04 Å². The van der Waals surface area contributed by atoms with Crippen molar-refractivity contribution < 1.29 is 9.90 Å². The highest BCUT2D eigenvalue weighted by Crippen LogP contribution is 2.36. The van der Waals surface area contributed by atoms with Crippen LogP contribution in [0.25, 0.3) is 22.4 Å². The summed E-state index contributed by atoms with van der Waals surface area (Å²) in [4.78, 5) is 15.7. The summed E-state index contributed by atoms with van der Waals surface area (Å²) in [6.07, 6.45) is 6.21. The zero-order chi connectivity index (χ0) is 20.8. The molecule has 1 unspecified atom stereocenters. The number of hydrogen-bond donors (Lipinski definition) is 2. The fraction of sp³-hybridized carbons (Fsp3) is 0.308. The van der Waals surface area contributed by atoms with Crippen LogP contribution < -0.4 is 5.32 Å². The van der Waals surface area contributed by atoms with Gasteiger partial charge in [0.2, 0.25) is 0 Å². The van der Waals surface area contributed by atoms with Crippen LogP contribution in [0.2, 0.25) is 0 Å². The molecule has 1 aliphatic rings. The largest absolute Gasteiger partial charge is 0.481 e. The first kappa shape index (κ1) is 20.1. The maximum Gasteiger partial charge on any atom is 0.303 e. The van der Waals surface area contributed by atoms with Crippen molar-refractivity contribution in [2.24, 2.45) is 0 Å². The van der Waals surface area contributed by atoms with Crippen molar-refractivity contribution in [2.45, 2.75) is 51.0 Å². The summed E-state index contributed by atoms with van der Waals surface area (Å²) in [6.45, 7) is 0. The monoisotopic (exact) mass is 400 g/mol. The van der Waals surface area contributed by atoms with E-state index in [4.69, 9.17) is 10.1 Å². The lowest BCUT2D eigenvalue weighted by Crippen LogP contribution is -2.26. The fourth-order valence-corrected chi connectivity index (χ4v) is 4.18. The number of fused-ring (bicyclic) bond motifs is 1. The van der Waals surface area contributed by atoms with Crippen LogP contribution >= 0.6 is 0 Å². The van der Waals surface area contributed by atoms with Crippen molar-refractivity contribution in [1.82, 2.24) is 4.98 Å². The minimum Gasteiger partial charge on any atom is -0.481 e. The van der Waals surface area contributed by atoms with E-state index in [1.807, 2.05) is 12.1 Å². The van der Waals surface area contributed by atoms with Gasteiger partial charge in [-0.3, -0.25) is 4.79 Å². The highest BCUT2D eigenvalue weighted by molar-refractivity contribution is 5.83. The van der Waals surface area contributed by atoms with Crippen molar-refractivity contribution in [3.05, 3.63) is 72.3 Å². The van der Waals surface area contributed by atoms with Crippen molar-refractivity contribution in [3.63, 3.8) is 0 Å². The lowest BCUT2D eigenvalue weighted by molar-refractivity contribution is -0.137. The van der Waals surface area contributed by atoms with Crippen LogP contribution in [0.1, 0.15) is 44.1 Å². The Bertz CT molecular complexity index is 987. The van der Waals surface area contributed by atoms with Crippen LogP contribution in [0, 0.1) is 0 Å². The standard InChI is InChI=1S/C26H28N2O2/c29-24(30)15-9-3-8-14-22-17-16-21-18-23(19-10-4-1-5-11-19)25(28-26(21)27-22)20-12-6-2-7-13-20/h1-2,4-7,10-13,18,22H,3,8-9,14-17H2,(H,27,28)(H,29,30). The molecule has 0 aliphatic carbocycles. The van der Waals surface area contributed by atoms with Crippen LogP contribution in [-0.2, 0) is 11.2 Å². The first-order valence-electron chi connectivity index (χ1n) is 10.8. The van der Waals surface area contributed by atoms with Crippen LogP contribution in [0.4, 0.5) is 5.82 Å². The Morgan fingerprint density at radius 1 is 0.967 bits per heavy atom. The molecule has 0 amide bonds. The number of hydrogen-bond acceptors (Lipinski definition) is 3. The minimum absolute atomic E-state index is 0.269. The number of rotatable bonds is 8. The number of carbonyl (C=O) groups is 1. The average molecular weight is 401 g/mol. The van der Waals surface area contributed by atoms with Gasteiger partial charge in [0.25, 0.3) is 0 Å². The summed E-state index contributed by atoms with van der Waals surface area (Å²) in [7, 11) is 0. The Hall–Kier alpha value is -3.14. The van der Waals surface area contributed by atoms with E-state index in [9.17, 15) is 4.79 Å². The molecule has 30 heavy (non-hydrogen) atoms. The Kier molecular flexibility index (Phi) is 6.43. The highest BCUT2D eigenvalue weighted by Gasteiger charge is 2.22. The quantitative estimate of drug-likeness (QED) is 0.443. The summed E-state index contributed by atoms with van der Waals surface area (Å²) in [5.41, 5.74) is 5.77. The number of benzene rings is 2. The summed E-state index contributed by atoms with van der Waals surface area (Å²) >= 11 is 0. The fourth-order valence-electron chi connectivity index (χ4n) is 4.18. The molecule has 0 spiro atoms. The summed E-state index contributed by atoms with van der Waals surface area (Å²) in [5, 5.41) is 12.4. The van der Waals surface area contributed by atoms with E-state index in [2.05, 4.69) is 59.9 Å². The van der Waals surface area contributed by atoms with E-state index in [1.165, 1.54) is 16.7 Å². The van der Waals surface area contributed by atoms with E-state index in [1.54, 1.807) is 0 Å². The molecular weight excluding hydrogens is 372 g/mol. The molecule has 0 radical (unpaired) electrons. The van der Waals surface area contributed by atoms with Crippen molar-refractivity contribution in [3.8, 4) is 22.4 Å². The van der Waals surface area contributed by atoms with Gasteiger partial charge in [-0.1, -0.05) is 73.5 Å². The van der Waals surface area contributed by atoms with Crippen molar-refractivity contribution in [1.29, 1.82) is 0 Å². The van der Waals surface area contributed by atoms with Gasteiger partial charge in [0.1, 0.15) is 5.82 Å². The van der Waals surface area contributed by atoms with E-state index >= 15 is 0 Å². The predicted molar refractivity (Wildman–Crippen MR) is 122 cm³/mol. The molecule has 2 aromatic carbocycles. The normalized spacial score (nSPS) is 15.3. The number of carboxylic acids is 1. The minimum atomic E-state index is -0.702. The second kappa shape index (κ2) is 9.57. The Morgan fingerprint density at radius 2 is 1.67 bits per heavy atom. The van der Waals surface area contributed by atoms with E-state index in [0.717, 1.165) is 55.6 Å². The third-order valence-corrected chi connectivity index (χ3v) is 5.78. The Labute approximate surface area is 178 Å². The lowest BCUT2D eigenvalue weighted by Gasteiger charge is -2.28. The number of nitrogens with zero attached hydrogens (tertiary/aromatic N) is 1. The van der Waals surface area contributed by atoms with Crippen LogP contribution in [-0.4, -0.2) is 22.1 Å². The number of pyridine rings is 1. The zero-order valence-electron chi connectivity index (χ0n) is 17.2. The second-order valence-electron chi connectivity index (χ2n) is 8.00. The Balaban J connectivity index is 1.55. The molecule has 2 heterocycles. The molecule has 0 saturated heterocycles. The number of nitrogens with one attached hydrogen (secondary N) is 1. The lowest BCUT2D eigenvalue weighted by atomic mass is 9.92. The van der Waals surface area contributed by atoms with E-state index in [-0.39, 0.29) is 6.42 Å². The van der Waals surface area contributed by atoms with Gasteiger partial charge >= 0.3 is 5.97 Å². The molecule has 154 valence electrons. The topological polar surface area (TPSA) is 62.2 Å². The van der Waals surface area contributed by atoms with Gasteiger partial charge in [0.15, 0.2) is 0 Å². The van der Waals surface area contributed by atoms with Crippen molar-refractivity contribution in [2.75, 3.05) is 5.32 Å². The molecule has 2 N–H and O–H groups in total. The number of aromatic nitrogens is 1. The first-order valence-corrected chi connectivity index (χ1v) is 10.8. The van der Waals surface area contributed by atoms with Gasteiger partial charge in [-0.25, -0.2) is 4.98 Å². The van der Waals surface area contributed by atoms with Gasteiger partial charge in [-0.2, -0.15) is 0 Å². The first-order chi connectivity index (χ1) is 14.7. The number of unbranched alkanes of at least 4 members (excludes halogenated alkanes) is 2. The van der Waals surface area contributed by atoms with Gasteiger partial charge in [-0.05, 0) is 42.9 Å². The smallest absolute Gasteiger partial charge is 0.303 e. The molecule has 4 heteroatoms. The summed E-state index contributed by atoms with van der Waals surface area (Å²) in [5.74, 6) is 0.293. The summed E-state index contributed by atoms with van der Waals surface area (Å²) in [6, 6.07) is 23.5. The summed E-state index contributed by atoms with van der Waals surface area (Å²) < 4.78 is 0. The highest BCUT2D eigenvalue weighted by atomic mass is 16.4. The van der Waals surface area contributed by atoms with Crippen LogP contribution in [0.3, 0.4) is 0 Å². The average Bonchev–Trinajstić information content (AvgIpc) is 2.79. The zero-order valence-corrected chi connectivity index (χ0v) is 17.2. The van der Waals surface area contributed by atoms with Gasteiger partial charge in [-0.15, -0.1) is 0 Å². The van der Waals surface area contributed by atoms with Gasteiger partial charge in [0.05, 0.1) is 5.69 Å². The number of aliphatic carboxylic acids is 1. The van der Waals surface area contributed by atoms with E-state index < -0.39 is 5.97 Å². The maximum atomic E-state index is 10.7. The predicted octanol–water partition coefficient (Wildman–Crippen LogP) is 6.18. The maximum absolute atomic E-state index is 10.7. The molecular formula is C26H28N2O2. The number of carboxylic acid groups (broad SMARTS) is 1. The van der Waals surface area contributed by atoms with Gasteiger partial charge < -0.3 is 10.4 Å². The molecule has 1 aromatic heterocycles. The molecule has 0 saturated carbocycles. The molecule has 3 aromatic rings. The number of anilines is 1. The van der Waals surface area contributed by atoms with Crippen molar-refractivity contribution >= 4 is 11.8 Å². The molecule has 1 atom stereocenters. The third kappa shape index (κ3) is 4.88. The Morgan fingerprint density at radius 3 is 2.37 bits per heavy atom. The van der Waals surface area contributed by atoms with Gasteiger partial charge in [0, 0.05) is 23.6 Å². The molecule has 1 aliphatic heterocycles. The molecule has 4 nitrogen and oxygen atoms in total. The third-order valence-electron chi connectivity index (χ3n) is 5.78. The molecule has 0 bridgehead atoms.